The molecule has 1 amide bonds. The monoisotopic (exact) mass is 273 g/mol. The van der Waals surface area contributed by atoms with Gasteiger partial charge in [0.15, 0.2) is 0 Å². The molecule has 0 fully saturated rings. The highest BCUT2D eigenvalue weighted by Crippen LogP contribution is 2.16. The van der Waals surface area contributed by atoms with Crippen molar-refractivity contribution in [1.29, 1.82) is 0 Å². The predicted octanol–water partition coefficient (Wildman–Crippen LogP) is 2.68. The van der Waals surface area contributed by atoms with Crippen LogP contribution in [0.4, 0.5) is 4.39 Å². The van der Waals surface area contributed by atoms with Gasteiger partial charge in [-0.3, -0.25) is 4.79 Å². The summed E-state index contributed by atoms with van der Waals surface area (Å²) in [6, 6.07) is 14.2. The van der Waals surface area contributed by atoms with E-state index in [2.05, 4.69) is 5.32 Å². The standard InChI is InChI=1S/C16H16FNO2/c1-11(15(19)12-7-3-2-4-8-12)18-16(20)13-9-5-6-10-14(13)17/h2-11,15,19H,1H3,(H,18,20)/t11-,15-/m0/s1. The number of amides is 1. The first-order valence-corrected chi connectivity index (χ1v) is 6.38. The van der Waals surface area contributed by atoms with E-state index in [0.29, 0.717) is 5.56 Å². The molecule has 2 atom stereocenters. The average molecular weight is 273 g/mol. The summed E-state index contributed by atoms with van der Waals surface area (Å²) < 4.78 is 13.5. The van der Waals surface area contributed by atoms with Crippen molar-refractivity contribution in [2.45, 2.75) is 19.1 Å². The second-order valence-electron chi connectivity index (χ2n) is 4.60. The number of hydrogen-bond donors (Lipinski definition) is 2. The van der Waals surface area contributed by atoms with Crippen LogP contribution < -0.4 is 5.32 Å². The summed E-state index contributed by atoms with van der Waals surface area (Å²) in [4.78, 5) is 11.9. The highest BCUT2D eigenvalue weighted by atomic mass is 19.1. The highest BCUT2D eigenvalue weighted by molar-refractivity contribution is 5.94. The van der Waals surface area contributed by atoms with E-state index in [1.807, 2.05) is 18.2 Å². The largest absolute Gasteiger partial charge is 0.386 e. The van der Waals surface area contributed by atoms with Crippen molar-refractivity contribution < 1.29 is 14.3 Å². The van der Waals surface area contributed by atoms with E-state index in [1.165, 1.54) is 18.2 Å². The highest BCUT2D eigenvalue weighted by Gasteiger charge is 2.20. The van der Waals surface area contributed by atoms with Crippen LogP contribution >= 0.6 is 0 Å². The lowest BCUT2D eigenvalue weighted by Crippen LogP contribution is -2.37. The summed E-state index contributed by atoms with van der Waals surface area (Å²) in [7, 11) is 0. The second-order valence-corrected chi connectivity index (χ2v) is 4.60. The molecule has 0 spiro atoms. The molecule has 0 saturated carbocycles. The Labute approximate surface area is 117 Å². The summed E-state index contributed by atoms with van der Waals surface area (Å²) in [6.45, 7) is 1.68. The molecule has 2 N–H and O–H groups in total. The number of carbonyl (C=O) groups is 1. The zero-order valence-electron chi connectivity index (χ0n) is 11.1. The summed E-state index contributed by atoms with van der Waals surface area (Å²) in [5.74, 6) is -1.11. The Hall–Kier alpha value is -2.20. The van der Waals surface area contributed by atoms with Crippen molar-refractivity contribution in [2.24, 2.45) is 0 Å². The molecule has 0 aliphatic carbocycles. The number of hydrogen-bond acceptors (Lipinski definition) is 2. The van der Waals surface area contributed by atoms with Crippen molar-refractivity contribution in [3.05, 3.63) is 71.5 Å². The van der Waals surface area contributed by atoms with E-state index >= 15 is 0 Å². The number of carbonyl (C=O) groups excluding carboxylic acids is 1. The molecule has 0 saturated heterocycles. The lowest BCUT2D eigenvalue weighted by Gasteiger charge is -2.20. The minimum Gasteiger partial charge on any atom is -0.386 e. The van der Waals surface area contributed by atoms with Gasteiger partial charge in [0.2, 0.25) is 0 Å². The molecule has 0 heterocycles. The quantitative estimate of drug-likeness (QED) is 0.899. The Morgan fingerprint density at radius 2 is 1.70 bits per heavy atom. The van der Waals surface area contributed by atoms with Crippen molar-refractivity contribution in [2.75, 3.05) is 0 Å². The van der Waals surface area contributed by atoms with Gasteiger partial charge in [-0.15, -0.1) is 0 Å². The van der Waals surface area contributed by atoms with Gasteiger partial charge in [0.1, 0.15) is 5.82 Å². The molecule has 0 aromatic heterocycles. The van der Waals surface area contributed by atoms with Crippen molar-refractivity contribution in [3.63, 3.8) is 0 Å². The minimum atomic E-state index is -0.841. The van der Waals surface area contributed by atoms with Gasteiger partial charge in [0.25, 0.3) is 5.91 Å². The van der Waals surface area contributed by atoms with Crippen molar-refractivity contribution in [3.8, 4) is 0 Å². The summed E-state index contributed by atoms with van der Waals surface area (Å²) in [5.41, 5.74) is 0.674. The molecule has 4 heteroatoms. The van der Waals surface area contributed by atoms with Crippen LogP contribution in [0.25, 0.3) is 0 Å². The van der Waals surface area contributed by atoms with Gasteiger partial charge in [-0.1, -0.05) is 42.5 Å². The van der Waals surface area contributed by atoms with E-state index in [-0.39, 0.29) is 5.56 Å². The fourth-order valence-electron chi connectivity index (χ4n) is 1.95. The number of aliphatic hydroxyl groups is 1. The Morgan fingerprint density at radius 1 is 1.10 bits per heavy atom. The topological polar surface area (TPSA) is 49.3 Å². The molecule has 104 valence electrons. The first-order valence-electron chi connectivity index (χ1n) is 6.38. The Balaban J connectivity index is 2.07. The molecule has 0 bridgehead atoms. The van der Waals surface area contributed by atoms with Gasteiger partial charge in [0.05, 0.1) is 17.7 Å². The van der Waals surface area contributed by atoms with Gasteiger partial charge >= 0.3 is 0 Å². The Bertz CT molecular complexity index is 586. The molecular formula is C16H16FNO2. The third-order valence-electron chi connectivity index (χ3n) is 3.09. The van der Waals surface area contributed by atoms with Gasteiger partial charge in [-0.05, 0) is 24.6 Å². The lowest BCUT2D eigenvalue weighted by molar-refractivity contribution is 0.0848. The van der Waals surface area contributed by atoms with Crippen LogP contribution in [0.3, 0.4) is 0 Å². The molecule has 0 radical (unpaired) electrons. The molecule has 0 unspecified atom stereocenters. The Kier molecular flexibility index (Phi) is 4.48. The zero-order valence-corrected chi connectivity index (χ0v) is 11.1. The fourth-order valence-corrected chi connectivity index (χ4v) is 1.95. The maximum Gasteiger partial charge on any atom is 0.254 e. The van der Waals surface area contributed by atoms with E-state index in [4.69, 9.17) is 0 Å². The molecule has 0 aliphatic heterocycles. The lowest BCUT2D eigenvalue weighted by atomic mass is 10.0. The van der Waals surface area contributed by atoms with Crippen LogP contribution in [0.15, 0.2) is 54.6 Å². The number of aliphatic hydroxyl groups excluding tert-OH is 1. The summed E-state index contributed by atoms with van der Waals surface area (Å²) in [5, 5.41) is 12.8. The molecule has 2 aromatic rings. The van der Waals surface area contributed by atoms with E-state index in [1.54, 1.807) is 25.1 Å². The maximum atomic E-state index is 13.5. The van der Waals surface area contributed by atoms with E-state index in [0.717, 1.165) is 0 Å². The van der Waals surface area contributed by atoms with Gasteiger partial charge in [-0.2, -0.15) is 0 Å². The van der Waals surface area contributed by atoms with Gasteiger partial charge < -0.3 is 10.4 Å². The third kappa shape index (κ3) is 3.22. The Morgan fingerprint density at radius 3 is 2.35 bits per heavy atom. The van der Waals surface area contributed by atoms with Crippen LogP contribution in [-0.2, 0) is 0 Å². The first-order chi connectivity index (χ1) is 9.59. The summed E-state index contributed by atoms with van der Waals surface area (Å²) in [6.07, 6.45) is -0.841. The zero-order chi connectivity index (χ0) is 14.5. The molecule has 0 aliphatic rings. The molecular weight excluding hydrogens is 257 g/mol. The fraction of sp³-hybridized carbons (Fsp3) is 0.188. The second kappa shape index (κ2) is 6.30. The van der Waals surface area contributed by atoms with Crippen molar-refractivity contribution >= 4 is 5.91 Å². The molecule has 3 nitrogen and oxygen atoms in total. The number of nitrogens with one attached hydrogen (secondary N) is 1. The molecule has 20 heavy (non-hydrogen) atoms. The third-order valence-corrected chi connectivity index (χ3v) is 3.09. The van der Waals surface area contributed by atoms with E-state index < -0.39 is 23.9 Å². The number of benzene rings is 2. The SMILES string of the molecule is C[C@H](NC(=O)c1ccccc1F)[C@H](O)c1ccccc1. The van der Waals surface area contributed by atoms with Crippen LogP contribution in [0.1, 0.15) is 28.9 Å². The average Bonchev–Trinajstić information content (AvgIpc) is 2.47. The molecule has 2 aromatic carbocycles. The normalized spacial score (nSPS) is 13.6. The predicted molar refractivity (Wildman–Crippen MR) is 74.7 cm³/mol. The smallest absolute Gasteiger partial charge is 0.254 e. The number of rotatable bonds is 4. The van der Waals surface area contributed by atoms with Crippen LogP contribution in [0, 0.1) is 5.82 Å². The molecule has 2 rings (SSSR count). The van der Waals surface area contributed by atoms with Crippen molar-refractivity contribution in [1.82, 2.24) is 5.32 Å². The van der Waals surface area contributed by atoms with Gasteiger partial charge in [0, 0.05) is 0 Å². The van der Waals surface area contributed by atoms with Crippen LogP contribution in [0.5, 0.6) is 0 Å². The summed E-state index contributed by atoms with van der Waals surface area (Å²) >= 11 is 0. The minimum absolute atomic E-state index is 0.0281. The van der Waals surface area contributed by atoms with Crippen LogP contribution in [-0.4, -0.2) is 17.1 Å². The van der Waals surface area contributed by atoms with Gasteiger partial charge in [-0.25, -0.2) is 4.39 Å². The first kappa shape index (κ1) is 14.2. The maximum absolute atomic E-state index is 13.5. The number of halogens is 1. The van der Waals surface area contributed by atoms with Crippen LogP contribution in [0.2, 0.25) is 0 Å². The van der Waals surface area contributed by atoms with E-state index in [9.17, 15) is 14.3 Å².